The second kappa shape index (κ2) is 13.7. The van der Waals surface area contributed by atoms with Gasteiger partial charge in [0.05, 0.1) is 0 Å². The Morgan fingerprint density at radius 2 is 1.59 bits per heavy atom. The van der Waals surface area contributed by atoms with E-state index in [0.717, 1.165) is 12.8 Å². The van der Waals surface area contributed by atoms with E-state index in [1.165, 1.54) is 55.6 Å². The zero-order valence-corrected chi connectivity index (χ0v) is 23.4. The van der Waals surface area contributed by atoms with Crippen LogP contribution in [0.4, 0.5) is 0 Å². The molecule has 2 atom stereocenters. The number of likely N-dealkylation sites (tertiary alicyclic amines) is 1. The van der Waals surface area contributed by atoms with Crippen LogP contribution in [-0.4, -0.2) is 70.9 Å². The minimum absolute atomic E-state index is 0.0429. The van der Waals surface area contributed by atoms with Gasteiger partial charge in [0.1, 0.15) is 12.1 Å². The Morgan fingerprint density at radius 1 is 0.973 bits per heavy atom. The van der Waals surface area contributed by atoms with Crippen LogP contribution in [0.5, 0.6) is 0 Å². The molecule has 11 heteroatoms. The summed E-state index contributed by atoms with van der Waals surface area (Å²) in [6.07, 6.45) is 8.86. The molecule has 1 saturated carbocycles. The van der Waals surface area contributed by atoms with Crippen LogP contribution in [0.1, 0.15) is 68.1 Å². The molecule has 1 aliphatic carbocycles. The summed E-state index contributed by atoms with van der Waals surface area (Å²) in [5.41, 5.74) is 0.543. The Hall–Kier alpha value is -1.97. The number of benzene rings is 1. The van der Waals surface area contributed by atoms with Crippen molar-refractivity contribution in [3.8, 4) is 0 Å². The fourth-order valence-electron chi connectivity index (χ4n) is 5.27. The molecule has 3 rings (SSSR count). The van der Waals surface area contributed by atoms with Crippen LogP contribution in [0.15, 0.2) is 18.2 Å². The first-order valence-corrected chi connectivity index (χ1v) is 14.8. The van der Waals surface area contributed by atoms with Gasteiger partial charge in [-0.15, -0.1) is 0 Å². The second-order valence-electron chi connectivity index (χ2n) is 10.00. The van der Waals surface area contributed by atoms with E-state index in [0.29, 0.717) is 40.7 Å². The van der Waals surface area contributed by atoms with Gasteiger partial charge in [-0.2, -0.15) is 11.8 Å². The zero-order chi connectivity index (χ0) is 27.0. The topological polar surface area (TPSA) is 116 Å². The van der Waals surface area contributed by atoms with Crippen molar-refractivity contribution >= 4 is 58.7 Å². The van der Waals surface area contributed by atoms with Crippen molar-refractivity contribution in [2.45, 2.75) is 69.9 Å². The Kier molecular flexibility index (Phi) is 11.0. The van der Waals surface area contributed by atoms with Crippen LogP contribution in [-0.2, 0) is 14.4 Å². The van der Waals surface area contributed by atoms with Gasteiger partial charge in [-0.1, -0.05) is 36.0 Å². The van der Waals surface area contributed by atoms with E-state index in [1.807, 2.05) is 6.26 Å². The highest BCUT2D eigenvalue weighted by Crippen LogP contribution is 2.46. The number of aliphatic carboxylic acids is 1. The van der Waals surface area contributed by atoms with Gasteiger partial charge in [-0.05, 0) is 74.1 Å². The number of carboxylic acid groups (broad SMARTS) is 1. The summed E-state index contributed by atoms with van der Waals surface area (Å²) in [6, 6.07) is 2.50. The highest BCUT2D eigenvalue weighted by molar-refractivity contribution is 7.98. The van der Waals surface area contributed by atoms with Gasteiger partial charge in [-0.25, -0.2) is 4.79 Å². The third-order valence-electron chi connectivity index (χ3n) is 7.43. The largest absolute Gasteiger partial charge is 0.480 e. The molecule has 1 spiro atoms. The zero-order valence-electron chi connectivity index (χ0n) is 21.1. The van der Waals surface area contributed by atoms with Gasteiger partial charge in [0, 0.05) is 35.1 Å². The lowest BCUT2D eigenvalue weighted by Gasteiger charge is -2.40. The second-order valence-corrected chi connectivity index (χ2v) is 11.9. The lowest BCUT2D eigenvalue weighted by molar-refractivity contribution is -0.142. The number of carboxylic acids is 1. The van der Waals surface area contributed by atoms with Crippen molar-refractivity contribution in [2.24, 2.45) is 5.41 Å². The van der Waals surface area contributed by atoms with Crippen LogP contribution in [0.3, 0.4) is 0 Å². The van der Waals surface area contributed by atoms with E-state index < -0.39 is 29.9 Å². The summed E-state index contributed by atoms with van der Waals surface area (Å²) >= 11 is 13.6. The van der Waals surface area contributed by atoms with Crippen LogP contribution in [0.2, 0.25) is 10.0 Å². The number of carbonyl (C=O) groups excluding carboxylic acids is 3. The molecule has 1 saturated heterocycles. The Balaban J connectivity index is 1.68. The molecule has 37 heavy (non-hydrogen) atoms. The van der Waals surface area contributed by atoms with Gasteiger partial charge >= 0.3 is 5.97 Å². The molecule has 3 N–H and O–H groups in total. The average Bonchev–Trinajstić information content (AvgIpc) is 3.31. The number of nitrogens with one attached hydrogen (secondary N) is 2. The summed E-state index contributed by atoms with van der Waals surface area (Å²) in [5, 5.41) is 15.3. The van der Waals surface area contributed by atoms with Gasteiger partial charge in [0.2, 0.25) is 11.8 Å². The highest BCUT2D eigenvalue weighted by Gasteiger charge is 2.39. The van der Waals surface area contributed by atoms with Gasteiger partial charge in [0.15, 0.2) is 0 Å². The Labute approximate surface area is 232 Å². The molecular weight excluding hydrogens is 537 g/mol. The maximum Gasteiger partial charge on any atom is 0.326 e. The molecule has 8 nitrogen and oxygen atoms in total. The number of carbonyl (C=O) groups is 4. The molecule has 1 unspecified atom stereocenters. The molecule has 0 radical (unpaired) electrons. The number of piperidine rings is 1. The molecule has 2 aliphatic rings. The maximum absolute atomic E-state index is 13.5. The van der Waals surface area contributed by atoms with Crippen molar-refractivity contribution in [2.75, 3.05) is 25.1 Å². The average molecular weight is 573 g/mol. The third kappa shape index (κ3) is 8.52. The molecule has 1 aromatic carbocycles. The van der Waals surface area contributed by atoms with E-state index in [9.17, 15) is 24.3 Å². The first kappa shape index (κ1) is 29.6. The molecule has 1 aromatic rings. The van der Waals surface area contributed by atoms with E-state index >= 15 is 0 Å². The number of halogens is 2. The van der Waals surface area contributed by atoms with E-state index in [4.69, 9.17) is 23.2 Å². The van der Waals surface area contributed by atoms with Crippen LogP contribution in [0, 0.1) is 5.41 Å². The van der Waals surface area contributed by atoms with Crippen LogP contribution < -0.4 is 10.6 Å². The normalized spacial score (nSPS) is 18.3. The smallest absolute Gasteiger partial charge is 0.326 e. The number of thioether (sulfide) groups is 1. The van der Waals surface area contributed by atoms with Crippen LogP contribution >= 0.6 is 35.0 Å². The van der Waals surface area contributed by atoms with E-state index in [-0.39, 0.29) is 24.3 Å². The maximum atomic E-state index is 13.5. The van der Waals surface area contributed by atoms with Crippen molar-refractivity contribution < 1.29 is 24.3 Å². The molecule has 2 fully saturated rings. The van der Waals surface area contributed by atoms with Crippen molar-refractivity contribution in [3.63, 3.8) is 0 Å². The first-order valence-electron chi connectivity index (χ1n) is 12.7. The quantitative estimate of drug-likeness (QED) is 0.363. The van der Waals surface area contributed by atoms with E-state index in [1.54, 1.807) is 4.90 Å². The fourth-order valence-corrected chi connectivity index (χ4v) is 6.26. The van der Waals surface area contributed by atoms with Gasteiger partial charge in [-0.3, -0.25) is 14.4 Å². The predicted octanol–water partition coefficient (Wildman–Crippen LogP) is 4.38. The number of amides is 3. The van der Waals surface area contributed by atoms with Crippen molar-refractivity contribution in [1.29, 1.82) is 0 Å². The lowest BCUT2D eigenvalue weighted by atomic mass is 9.77. The molecule has 204 valence electrons. The molecular formula is C26H35Cl2N3O5S. The lowest BCUT2D eigenvalue weighted by Crippen LogP contribution is -2.52. The summed E-state index contributed by atoms with van der Waals surface area (Å²) in [6.45, 7) is 1.24. The molecule has 3 amide bonds. The SMILES string of the molecule is CSCCC(NC(=O)CC[C@@H](NC(=O)c1cc(Cl)cc(Cl)c1)C(=O)N1CCC2(CCCC2)CC1)C(=O)O. The number of hydrogen-bond acceptors (Lipinski definition) is 5. The minimum Gasteiger partial charge on any atom is -0.480 e. The highest BCUT2D eigenvalue weighted by atomic mass is 35.5. The Morgan fingerprint density at radius 3 is 2.16 bits per heavy atom. The summed E-state index contributed by atoms with van der Waals surface area (Å²) in [5.74, 6) is -1.74. The number of hydrogen-bond donors (Lipinski definition) is 3. The molecule has 1 aliphatic heterocycles. The van der Waals surface area contributed by atoms with Crippen LogP contribution in [0.25, 0.3) is 0 Å². The molecule has 0 bridgehead atoms. The van der Waals surface area contributed by atoms with Crippen molar-refractivity contribution in [3.05, 3.63) is 33.8 Å². The first-order chi connectivity index (χ1) is 17.6. The summed E-state index contributed by atoms with van der Waals surface area (Å²) < 4.78 is 0. The predicted molar refractivity (Wildman–Crippen MR) is 146 cm³/mol. The standard InChI is InChI=1S/C26H35Cl2N3O5S/c1-37-13-6-21(25(35)36)29-22(32)5-4-20(30-23(33)17-14-18(27)16-19(28)15-17)24(34)31-11-9-26(10-12-31)7-2-3-8-26/h14-16,20-21H,2-13H2,1H3,(H,29,32)(H,30,33)(H,35,36)/t20-,21?/m1/s1. The van der Waals surface area contributed by atoms with Gasteiger partial charge in [0.25, 0.3) is 5.91 Å². The summed E-state index contributed by atoms with van der Waals surface area (Å²) in [4.78, 5) is 52.4. The fraction of sp³-hybridized carbons (Fsp3) is 0.615. The van der Waals surface area contributed by atoms with E-state index in [2.05, 4.69) is 10.6 Å². The van der Waals surface area contributed by atoms with Gasteiger partial charge < -0.3 is 20.6 Å². The summed E-state index contributed by atoms with van der Waals surface area (Å²) in [7, 11) is 0. The number of rotatable bonds is 11. The Bertz CT molecular complexity index is 972. The molecule has 1 heterocycles. The minimum atomic E-state index is -1.10. The third-order valence-corrected chi connectivity index (χ3v) is 8.51. The number of nitrogens with zero attached hydrogens (tertiary/aromatic N) is 1. The molecule has 0 aromatic heterocycles. The van der Waals surface area contributed by atoms with Crippen molar-refractivity contribution in [1.82, 2.24) is 15.5 Å². The monoisotopic (exact) mass is 571 g/mol.